The number of hydrogen-bond acceptors (Lipinski definition) is 2. The lowest BCUT2D eigenvalue weighted by Gasteiger charge is -2.14. The molecule has 1 aromatic heterocycles. The van der Waals surface area contributed by atoms with Crippen molar-refractivity contribution in [1.82, 2.24) is 9.97 Å². The van der Waals surface area contributed by atoms with Gasteiger partial charge in [0.05, 0.1) is 6.20 Å². The molecule has 0 bridgehead atoms. The monoisotopic (exact) mass is 243 g/mol. The van der Waals surface area contributed by atoms with Crippen LogP contribution in [0.15, 0.2) is 36.5 Å². The number of H-pyrrole nitrogens is 1. The Morgan fingerprint density at radius 2 is 2.06 bits per heavy atom. The molecule has 3 N–H and O–H groups in total. The number of nitrogens with zero attached hydrogens (tertiary/aromatic N) is 1. The van der Waals surface area contributed by atoms with E-state index in [1.54, 1.807) is 0 Å². The molecular weight excluding hydrogens is 222 g/mol. The SMILES string of the molecule is CCC(CCCc1cnc(N)[nH]1)c1ccccc1. The van der Waals surface area contributed by atoms with Crippen LogP contribution in [0.4, 0.5) is 5.95 Å². The van der Waals surface area contributed by atoms with E-state index in [4.69, 9.17) is 5.73 Å². The minimum atomic E-state index is 0.514. The number of rotatable bonds is 6. The van der Waals surface area contributed by atoms with Crippen molar-refractivity contribution in [3.63, 3.8) is 0 Å². The van der Waals surface area contributed by atoms with E-state index in [1.165, 1.54) is 18.4 Å². The Bertz CT molecular complexity index is 462. The molecule has 1 heterocycles. The van der Waals surface area contributed by atoms with Gasteiger partial charge in [-0.2, -0.15) is 0 Å². The molecule has 3 heteroatoms. The average Bonchev–Trinajstić information content (AvgIpc) is 2.81. The fourth-order valence-electron chi connectivity index (χ4n) is 2.37. The van der Waals surface area contributed by atoms with Gasteiger partial charge in [-0.25, -0.2) is 4.98 Å². The van der Waals surface area contributed by atoms with Crippen LogP contribution >= 0.6 is 0 Å². The first-order valence-corrected chi connectivity index (χ1v) is 6.64. The molecular formula is C15H21N3. The number of imidazole rings is 1. The normalized spacial score (nSPS) is 12.5. The van der Waals surface area contributed by atoms with Crippen molar-refractivity contribution in [2.75, 3.05) is 5.73 Å². The van der Waals surface area contributed by atoms with Gasteiger partial charge in [0, 0.05) is 5.69 Å². The van der Waals surface area contributed by atoms with Gasteiger partial charge in [0.2, 0.25) is 0 Å². The number of nitrogens with one attached hydrogen (secondary N) is 1. The van der Waals surface area contributed by atoms with E-state index >= 15 is 0 Å². The Morgan fingerprint density at radius 1 is 1.28 bits per heavy atom. The summed E-state index contributed by atoms with van der Waals surface area (Å²) in [4.78, 5) is 7.09. The summed E-state index contributed by atoms with van der Waals surface area (Å²) < 4.78 is 0. The van der Waals surface area contributed by atoms with Gasteiger partial charge in [-0.15, -0.1) is 0 Å². The summed E-state index contributed by atoms with van der Waals surface area (Å²) in [7, 11) is 0. The number of aromatic nitrogens is 2. The molecule has 1 aromatic carbocycles. The van der Waals surface area contributed by atoms with Gasteiger partial charge in [0.15, 0.2) is 5.95 Å². The number of aromatic amines is 1. The maximum Gasteiger partial charge on any atom is 0.197 e. The maximum atomic E-state index is 5.56. The lowest BCUT2D eigenvalue weighted by atomic mass is 9.91. The first-order chi connectivity index (χ1) is 8.79. The molecule has 0 radical (unpaired) electrons. The second-order valence-corrected chi connectivity index (χ2v) is 4.70. The molecule has 0 spiro atoms. The molecule has 1 atom stereocenters. The summed E-state index contributed by atoms with van der Waals surface area (Å²) in [6.07, 6.45) is 6.41. The lowest BCUT2D eigenvalue weighted by molar-refractivity contribution is 0.573. The van der Waals surface area contributed by atoms with Crippen molar-refractivity contribution in [3.05, 3.63) is 47.8 Å². The van der Waals surface area contributed by atoms with Crippen molar-refractivity contribution in [3.8, 4) is 0 Å². The Labute approximate surface area is 108 Å². The number of aryl methyl sites for hydroxylation is 1. The van der Waals surface area contributed by atoms with Gasteiger partial charge in [0.1, 0.15) is 0 Å². The molecule has 96 valence electrons. The molecule has 2 rings (SSSR count). The molecule has 18 heavy (non-hydrogen) atoms. The van der Waals surface area contributed by atoms with Gasteiger partial charge in [-0.05, 0) is 37.2 Å². The van der Waals surface area contributed by atoms with Crippen molar-refractivity contribution in [2.45, 2.75) is 38.5 Å². The molecule has 3 nitrogen and oxygen atoms in total. The minimum Gasteiger partial charge on any atom is -0.369 e. The standard InChI is InChI=1S/C15H21N3/c1-2-12(13-7-4-3-5-8-13)9-6-10-14-11-17-15(16)18-14/h3-5,7-8,11-12H,2,6,9-10H2,1H3,(H3,16,17,18). The van der Waals surface area contributed by atoms with Crippen LogP contribution in [-0.4, -0.2) is 9.97 Å². The average molecular weight is 243 g/mol. The highest BCUT2D eigenvalue weighted by Crippen LogP contribution is 2.25. The molecule has 2 aromatic rings. The molecule has 1 unspecified atom stereocenters. The van der Waals surface area contributed by atoms with E-state index in [-0.39, 0.29) is 0 Å². The van der Waals surface area contributed by atoms with Crippen molar-refractivity contribution in [2.24, 2.45) is 0 Å². The maximum absolute atomic E-state index is 5.56. The second kappa shape index (κ2) is 6.24. The molecule has 0 amide bonds. The first-order valence-electron chi connectivity index (χ1n) is 6.64. The molecule has 0 fully saturated rings. The van der Waals surface area contributed by atoms with Crippen LogP contribution in [0.25, 0.3) is 0 Å². The van der Waals surface area contributed by atoms with Crippen molar-refractivity contribution < 1.29 is 0 Å². The van der Waals surface area contributed by atoms with E-state index in [1.807, 2.05) is 6.20 Å². The fraction of sp³-hybridized carbons (Fsp3) is 0.400. The van der Waals surface area contributed by atoms with E-state index in [0.29, 0.717) is 11.9 Å². The van der Waals surface area contributed by atoms with Crippen LogP contribution in [0.1, 0.15) is 43.4 Å². The number of nitrogen functional groups attached to an aromatic ring is 1. The summed E-state index contributed by atoms with van der Waals surface area (Å²) in [6.45, 7) is 2.26. The lowest BCUT2D eigenvalue weighted by Crippen LogP contribution is -1.98. The van der Waals surface area contributed by atoms with Crippen LogP contribution in [-0.2, 0) is 6.42 Å². The summed E-state index contributed by atoms with van der Waals surface area (Å²) in [6, 6.07) is 10.8. The predicted octanol–water partition coefficient (Wildman–Crippen LogP) is 3.51. The van der Waals surface area contributed by atoms with Crippen LogP contribution < -0.4 is 5.73 Å². The van der Waals surface area contributed by atoms with Gasteiger partial charge in [-0.3, -0.25) is 0 Å². The van der Waals surface area contributed by atoms with E-state index in [9.17, 15) is 0 Å². The molecule has 0 aliphatic carbocycles. The summed E-state index contributed by atoms with van der Waals surface area (Å²) in [5, 5.41) is 0. The first kappa shape index (κ1) is 12.7. The smallest absolute Gasteiger partial charge is 0.197 e. The third kappa shape index (κ3) is 3.36. The molecule has 0 aliphatic rings. The number of nitrogens with two attached hydrogens (primary N) is 1. The topological polar surface area (TPSA) is 54.7 Å². The van der Waals surface area contributed by atoms with Crippen LogP contribution in [0, 0.1) is 0 Å². The van der Waals surface area contributed by atoms with Crippen LogP contribution in [0.5, 0.6) is 0 Å². The van der Waals surface area contributed by atoms with Crippen molar-refractivity contribution in [1.29, 1.82) is 0 Å². The van der Waals surface area contributed by atoms with Crippen molar-refractivity contribution >= 4 is 5.95 Å². The Balaban J connectivity index is 1.84. The summed E-state index contributed by atoms with van der Waals surface area (Å²) in [5.41, 5.74) is 8.14. The largest absolute Gasteiger partial charge is 0.369 e. The van der Waals surface area contributed by atoms with Crippen LogP contribution in [0.3, 0.4) is 0 Å². The molecule has 0 saturated carbocycles. The molecule has 0 saturated heterocycles. The Hall–Kier alpha value is -1.77. The van der Waals surface area contributed by atoms with Crippen LogP contribution in [0.2, 0.25) is 0 Å². The fourth-order valence-corrected chi connectivity index (χ4v) is 2.37. The van der Waals surface area contributed by atoms with E-state index in [0.717, 1.165) is 18.5 Å². The number of hydrogen-bond donors (Lipinski definition) is 2. The summed E-state index contributed by atoms with van der Waals surface area (Å²) in [5.74, 6) is 1.17. The quantitative estimate of drug-likeness (QED) is 0.815. The van der Waals surface area contributed by atoms with Gasteiger partial charge >= 0.3 is 0 Å². The Kier molecular flexibility index (Phi) is 4.40. The number of benzene rings is 1. The second-order valence-electron chi connectivity index (χ2n) is 4.70. The highest BCUT2D eigenvalue weighted by atomic mass is 15.0. The minimum absolute atomic E-state index is 0.514. The van der Waals surface area contributed by atoms with E-state index < -0.39 is 0 Å². The highest BCUT2D eigenvalue weighted by molar-refractivity contribution is 5.20. The highest BCUT2D eigenvalue weighted by Gasteiger charge is 2.08. The number of anilines is 1. The zero-order chi connectivity index (χ0) is 12.8. The molecule has 0 aliphatic heterocycles. The third-order valence-electron chi connectivity index (χ3n) is 3.41. The zero-order valence-corrected chi connectivity index (χ0v) is 10.9. The zero-order valence-electron chi connectivity index (χ0n) is 10.9. The predicted molar refractivity (Wildman–Crippen MR) is 75.4 cm³/mol. The Morgan fingerprint density at radius 3 is 2.67 bits per heavy atom. The van der Waals surface area contributed by atoms with E-state index in [2.05, 4.69) is 47.2 Å². The third-order valence-corrected chi connectivity index (χ3v) is 3.41. The van der Waals surface area contributed by atoms with Gasteiger partial charge in [-0.1, -0.05) is 37.3 Å². The van der Waals surface area contributed by atoms with Gasteiger partial charge in [0.25, 0.3) is 0 Å². The van der Waals surface area contributed by atoms with Gasteiger partial charge < -0.3 is 10.7 Å². The summed E-state index contributed by atoms with van der Waals surface area (Å²) >= 11 is 0.